The number of aliphatic imine (C=N–C) groups is 1. The molecule has 2 aromatic heterocycles. The van der Waals surface area contributed by atoms with Gasteiger partial charge in [-0.05, 0) is 43.9 Å². The second-order valence-corrected chi connectivity index (χ2v) is 6.90. The molecule has 28 heavy (non-hydrogen) atoms. The first kappa shape index (κ1) is 19.7. The van der Waals surface area contributed by atoms with E-state index in [1.807, 2.05) is 29.7 Å². The summed E-state index contributed by atoms with van der Waals surface area (Å²) in [6.07, 6.45) is 4.94. The Bertz CT molecular complexity index is 986. The third-order valence-electron chi connectivity index (χ3n) is 4.95. The van der Waals surface area contributed by atoms with Gasteiger partial charge in [0.2, 0.25) is 0 Å². The number of guanidine groups is 1. The number of unbranched alkanes of at least 4 members (excludes halogenated alkanes) is 1. The number of aromatic amines is 1. The fourth-order valence-electron chi connectivity index (χ4n) is 3.39. The zero-order valence-electron chi connectivity index (χ0n) is 16.7. The summed E-state index contributed by atoms with van der Waals surface area (Å²) in [5.41, 5.74) is 3.56. The number of pyridine rings is 1. The molecule has 0 fully saturated rings. The Morgan fingerprint density at radius 2 is 1.89 bits per heavy atom. The number of rotatable bonds is 8. The number of para-hydroxylation sites is 1. The zero-order valence-corrected chi connectivity index (χ0v) is 16.7. The smallest absolute Gasteiger partial charge is 0.250 e. The topological polar surface area (TPSA) is 74.2 Å². The summed E-state index contributed by atoms with van der Waals surface area (Å²) >= 11 is 0. The molecule has 0 radical (unpaired) electrons. The fraction of sp³-hybridized carbons (Fsp3) is 0.364. The maximum atomic E-state index is 11.9. The Morgan fingerprint density at radius 3 is 2.71 bits per heavy atom. The van der Waals surface area contributed by atoms with Gasteiger partial charge in [-0.1, -0.05) is 24.3 Å². The largest absolute Gasteiger partial charge is 0.361 e. The Morgan fingerprint density at radius 1 is 1.07 bits per heavy atom. The molecule has 0 amide bonds. The lowest BCUT2D eigenvalue weighted by molar-refractivity contribution is 0.575. The first-order valence-electron chi connectivity index (χ1n) is 9.85. The molecule has 0 aliphatic heterocycles. The summed E-state index contributed by atoms with van der Waals surface area (Å²) in [4.78, 5) is 19.5. The number of nitrogens with zero attached hydrogens (tertiary/aromatic N) is 2. The third-order valence-corrected chi connectivity index (χ3v) is 4.95. The number of fused-ring (bicyclic) bond motifs is 1. The van der Waals surface area contributed by atoms with Crippen LogP contribution in [-0.4, -0.2) is 35.6 Å². The van der Waals surface area contributed by atoms with E-state index in [2.05, 4.69) is 45.0 Å². The second-order valence-electron chi connectivity index (χ2n) is 6.90. The predicted molar refractivity (Wildman–Crippen MR) is 116 cm³/mol. The van der Waals surface area contributed by atoms with Crippen LogP contribution in [0.2, 0.25) is 0 Å². The summed E-state index contributed by atoms with van der Waals surface area (Å²) in [6.45, 7) is 4.37. The highest BCUT2D eigenvalue weighted by Crippen LogP contribution is 2.17. The van der Waals surface area contributed by atoms with Gasteiger partial charge in [0.05, 0.1) is 0 Å². The van der Waals surface area contributed by atoms with Crippen LogP contribution >= 0.6 is 0 Å². The van der Waals surface area contributed by atoms with Crippen LogP contribution in [-0.2, 0) is 13.0 Å². The number of benzene rings is 1. The maximum absolute atomic E-state index is 11.9. The van der Waals surface area contributed by atoms with Crippen molar-refractivity contribution in [1.82, 2.24) is 20.2 Å². The summed E-state index contributed by atoms with van der Waals surface area (Å²) in [7, 11) is 1.79. The quantitative estimate of drug-likeness (QED) is 0.320. The van der Waals surface area contributed by atoms with Crippen molar-refractivity contribution in [3.63, 3.8) is 0 Å². The van der Waals surface area contributed by atoms with Crippen molar-refractivity contribution >= 4 is 16.9 Å². The van der Waals surface area contributed by atoms with Gasteiger partial charge in [0.1, 0.15) is 0 Å². The van der Waals surface area contributed by atoms with Crippen LogP contribution in [0.5, 0.6) is 0 Å². The van der Waals surface area contributed by atoms with E-state index in [0.717, 1.165) is 50.6 Å². The van der Waals surface area contributed by atoms with E-state index in [1.165, 1.54) is 16.5 Å². The first-order chi connectivity index (χ1) is 13.7. The van der Waals surface area contributed by atoms with Crippen LogP contribution in [0.3, 0.4) is 0 Å². The molecule has 0 spiro atoms. The van der Waals surface area contributed by atoms with Crippen LogP contribution in [0, 0.1) is 6.92 Å². The van der Waals surface area contributed by atoms with Crippen molar-refractivity contribution < 1.29 is 0 Å². The molecule has 0 saturated carbocycles. The van der Waals surface area contributed by atoms with Gasteiger partial charge in [0, 0.05) is 55.5 Å². The van der Waals surface area contributed by atoms with E-state index >= 15 is 0 Å². The Hall–Kier alpha value is -3.02. The van der Waals surface area contributed by atoms with Crippen LogP contribution < -0.4 is 16.2 Å². The molecule has 0 aliphatic rings. The van der Waals surface area contributed by atoms with E-state index < -0.39 is 0 Å². The van der Waals surface area contributed by atoms with Gasteiger partial charge in [-0.2, -0.15) is 0 Å². The molecule has 0 atom stereocenters. The van der Waals surface area contributed by atoms with Crippen molar-refractivity contribution in [3.8, 4) is 0 Å². The van der Waals surface area contributed by atoms with Crippen LogP contribution in [0.25, 0.3) is 10.9 Å². The summed E-state index contributed by atoms with van der Waals surface area (Å²) in [6, 6.07) is 13.7. The van der Waals surface area contributed by atoms with Gasteiger partial charge in [-0.25, -0.2) is 0 Å². The molecule has 0 aliphatic carbocycles. The van der Waals surface area contributed by atoms with Gasteiger partial charge < -0.3 is 20.2 Å². The molecule has 2 heterocycles. The second kappa shape index (κ2) is 9.78. The van der Waals surface area contributed by atoms with Gasteiger partial charge in [0.15, 0.2) is 5.96 Å². The van der Waals surface area contributed by atoms with E-state index in [-0.39, 0.29) is 5.56 Å². The van der Waals surface area contributed by atoms with Crippen LogP contribution in [0.15, 0.2) is 58.4 Å². The van der Waals surface area contributed by atoms with Crippen LogP contribution in [0.4, 0.5) is 0 Å². The minimum Gasteiger partial charge on any atom is -0.361 e. The molecule has 1 aromatic carbocycles. The van der Waals surface area contributed by atoms with Crippen molar-refractivity contribution in [3.05, 3.63) is 70.3 Å². The maximum Gasteiger partial charge on any atom is 0.250 e. The molecule has 6 nitrogen and oxygen atoms in total. The van der Waals surface area contributed by atoms with Crippen molar-refractivity contribution in [1.29, 1.82) is 0 Å². The highest BCUT2D eigenvalue weighted by atomic mass is 16.1. The average molecular weight is 380 g/mol. The molecule has 0 unspecified atom stereocenters. The molecule has 3 N–H and O–H groups in total. The number of hydrogen-bond donors (Lipinski definition) is 3. The van der Waals surface area contributed by atoms with Crippen molar-refractivity contribution in [2.24, 2.45) is 4.99 Å². The Labute approximate surface area is 165 Å². The number of aryl methyl sites for hydroxylation is 1. The summed E-state index contributed by atoms with van der Waals surface area (Å²) in [5.74, 6) is 0.813. The highest BCUT2D eigenvalue weighted by Gasteiger charge is 2.04. The van der Waals surface area contributed by atoms with Crippen LogP contribution in [0.1, 0.15) is 24.1 Å². The lowest BCUT2D eigenvalue weighted by Gasteiger charge is -2.12. The third kappa shape index (κ3) is 5.03. The number of H-pyrrole nitrogens is 1. The van der Waals surface area contributed by atoms with Gasteiger partial charge in [0.25, 0.3) is 5.56 Å². The van der Waals surface area contributed by atoms with E-state index in [1.54, 1.807) is 13.1 Å². The molecule has 0 bridgehead atoms. The summed E-state index contributed by atoms with van der Waals surface area (Å²) in [5, 5.41) is 7.99. The minimum absolute atomic E-state index is 0.0720. The van der Waals surface area contributed by atoms with Crippen molar-refractivity contribution in [2.45, 2.75) is 32.7 Å². The van der Waals surface area contributed by atoms with Gasteiger partial charge >= 0.3 is 0 Å². The molecule has 6 heteroatoms. The van der Waals surface area contributed by atoms with E-state index in [4.69, 9.17) is 0 Å². The molecule has 148 valence electrons. The molecular formula is C22H29N5O. The Kier molecular flexibility index (Phi) is 6.89. The first-order valence-corrected chi connectivity index (χ1v) is 9.85. The lowest BCUT2D eigenvalue weighted by atomic mass is 10.1. The molecule has 3 aromatic rings. The summed E-state index contributed by atoms with van der Waals surface area (Å²) < 4.78 is 1.83. The fourth-order valence-corrected chi connectivity index (χ4v) is 3.39. The number of aromatic nitrogens is 2. The van der Waals surface area contributed by atoms with E-state index in [9.17, 15) is 4.79 Å². The lowest BCUT2D eigenvalue weighted by Crippen LogP contribution is -2.38. The minimum atomic E-state index is 0.0720. The van der Waals surface area contributed by atoms with E-state index in [0.29, 0.717) is 0 Å². The van der Waals surface area contributed by atoms with Gasteiger partial charge in [-0.15, -0.1) is 0 Å². The number of hydrogen-bond acceptors (Lipinski definition) is 2. The predicted octanol–water partition coefficient (Wildman–Crippen LogP) is 2.83. The zero-order chi connectivity index (χ0) is 19.8. The highest BCUT2D eigenvalue weighted by molar-refractivity contribution is 5.83. The molecule has 0 saturated heterocycles. The monoisotopic (exact) mass is 379 g/mol. The average Bonchev–Trinajstić information content (AvgIpc) is 3.11. The molecular weight excluding hydrogens is 350 g/mol. The number of nitrogens with one attached hydrogen (secondary N) is 3. The standard InChI is InChI=1S/C22H29N5O/c1-17-8-7-11-21(28)27(17)15-6-5-13-24-22(23-2)25-14-12-18-16-26-20-10-4-3-9-19(18)20/h3-4,7-11,16,26H,5-6,12-15H2,1-2H3,(H2,23,24,25). The SMILES string of the molecule is CN=C(NCCCCn1c(C)cccc1=O)NCCc1c[nH]c2ccccc12. The Balaban J connectivity index is 1.37. The van der Waals surface area contributed by atoms with Crippen molar-refractivity contribution in [2.75, 3.05) is 20.1 Å². The van der Waals surface area contributed by atoms with Gasteiger partial charge in [-0.3, -0.25) is 9.79 Å². The normalized spacial score (nSPS) is 11.7. The molecule has 3 rings (SSSR count).